The summed E-state index contributed by atoms with van der Waals surface area (Å²) >= 11 is 0. The van der Waals surface area contributed by atoms with E-state index in [1.54, 1.807) is 7.11 Å². The van der Waals surface area contributed by atoms with E-state index < -0.39 is 0 Å². The Kier molecular flexibility index (Phi) is 10.7. The van der Waals surface area contributed by atoms with Crippen molar-refractivity contribution in [3.63, 3.8) is 0 Å². The van der Waals surface area contributed by atoms with Gasteiger partial charge in [-0.15, -0.1) is 0 Å². The largest absolute Gasteiger partial charge is 0.491 e. The van der Waals surface area contributed by atoms with Crippen LogP contribution in [0, 0.1) is 6.92 Å². The fourth-order valence-corrected chi connectivity index (χ4v) is 2.27. The predicted octanol–water partition coefficient (Wildman–Crippen LogP) is 2.03. The lowest BCUT2D eigenvalue weighted by Crippen LogP contribution is -2.38. The predicted molar refractivity (Wildman–Crippen MR) is 105 cm³/mol. The van der Waals surface area contributed by atoms with E-state index in [9.17, 15) is 0 Å². The van der Waals surface area contributed by atoms with Gasteiger partial charge in [-0.1, -0.05) is 12.1 Å². The molecular formula is C19H34N4O2. The first-order valence-corrected chi connectivity index (χ1v) is 8.95. The Hall–Kier alpha value is -1.79. The number of nitrogens with one attached hydrogen (secondary N) is 2. The first-order valence-electron chi connectivity index (χ1n) is 8.95. The molecule has 0 aliphatic rings. The molecule has 0 amide bonds. The quantitative estimate of drug-likeness (QED) is 0.363. The van der Waals surface area contributed by atoms with Crippen LogP contribution >= 0.6 is 0 Å². The summed E-state index contributed by atoms with van der Waals surface area (Å²) in [6.07, 6.45) is 1.08. The van der Waals surface area contributed by atoms with E-state index in [0.29, 0.717) is 19.8 Å². The molecule has 0 aromatic heterocycles. The van der Waals surface area contributed by atoms with E-state index in [2.05, 4.69) is 66.7 Å². The Morgan fingerprint density at radius 3 is 2.68 bits per heavy atom. The monoisotopic (exact) mass is 350 g/mol. The molecule has 1 aromatic carbocycles. The molecule has 1 rings (SSSR count). The molecule has 6 nitrogen and oxygen atoms in total. The number of hydrogen-bond donors (Lipinski definition) is 2. The number of guanidine groups is 1. The van der Waals surface area contributed by atoms with Crippen LogP contribution < -0.4 is 15.4 Å². The van der Waals surface area contributed by atoms with Crippen LogP contribution in [0.2, 0.25) is 0 Å². The average Bonchev–Trinajstić information content (AvgIpc) is 2.57. The normalized spacial score (nSPS) is 11.7. The molecule has 0 saturated heterocycles. The Morgan fingerprint density at radius 2 is 2.00 bits per heavy atom. The van der Waals surface area contributed by atoms with E-state index in [1.165, 1.54) is 5.56 Å². The van der Waals surface area contributed by atoms with Crippen LogP contribution in [0.3, 0.4) is 0 Å². The zero-order valence-electron chi connectivity index (χ0n) is 16.4. The Balaban J connectivity index is 2.67. The van der Waals surface area contributed by atoms with Crippen LogP contribution in [0.25, 0.3) is 0 Å². The van der Waals surface area contributed by atoms with Crippen molar-refractivity contribution in [1.29, 1.82) is 0 Å². The highest BCUT2D eigenvalue weighted by molar-refractivity contribution is 5.79. The molecule has 0 fully saturated rings. The molecule has 0 unspecified atom stereocenters. The van der Waals surface area contributed by atoms with Crippen LogP contribution in [-0.4, -0.2) is 64.9 Å². The van der Waals surface area contributed by atoms with Crippen molar-refractivity contribution in [2.75, 3.05) is 54.1 Å². The fraction of sp³-hybridized carbons (Fsp3) is 0.632. The second-order valence-corrected chi connectivity index (χ2v) is 6.23. The maximum atomic E-state index is 5.83. The molecule has 142 valence electrons. The average molecular weight is 351 g/mol. The summed E-state index contributed by atoms with van der Waals surface area (Å²) in [7, 11) is 5.85. The molecule has 1 aromatic rings. The van der Waals surface area contributed by atoms with Gasteiger partial charge in [-0.3, -0.25) is 0 Å². The topological polar surface area (TPSA) is 58.1 Å². The van der Waals surface area contributed by atoms with Crippen molar-refractivity contribution >= 4 is 5.96 Å². The van der Waals surface area contributed by atoms with Gasteiger partial charge in [0.15, 0.2) is 5.96 Å². The second kappa shape index (κ2) is 12.6. The Morgan fingerprint density at radius 1 is 1.20 bits per heavy atom. The first-order chi connectivity index (χ1) is 12.1. The summed E-state index contributed by atoms with van der Waals surface area (Å²) in [4.78, 5) is 6.87. The van der Waals surface area contributed by atoms with E-state index in [-0.39, 0.29) is 0 Å². The van der Waals surface area contributed by atoms with Crippen LogP contribution in [-0.2, 0) is 11.3 Å². The summed E-state index contributed by atoms with van der Waals surface area (Å²) in [5, 5.41) is 6.67. The van der Waals surface area contributed by atoms with E-state index in [1.807, 2.05) is 0 Å². The number of methoxy groups -OCH3 is 1. The lowest BCUT2D eigenvalue weighted by molar-refractivity contribution is 0.145. The zero-order chi connectivity index (χ0) is 18.5. The van der Waals surface area contributed by atoms with Crippen molar-refractivity contribution in [3.05, 3.63) is 29.3 Å². The maximum absolute atomic E-state index is 5.83. The highest BCUT2D eigenvalue weighted by atomic mass is 16.5. The van der Waals surface area contributed by atoms with Gasteiger partial charge in [0.05, 0.1) is 13.2 Å². The maximum Gasteiger partial charge on any atom is 0.191 e. The number of rotatable bonds is 11. The summed E-state index contributed by atoms with van der Waals surface area (Å²) < 4.78 is 10.9. The van der Waals surface area contributed by atoms with Crippen molar-refractivity contribution in [3.8, 4) is 5.75 Å². The number of nitrogens with zero attached hydrogens (tertiary/aromatic N) is 2. The molecule has 0 radical (unpaired) electrons. The first kappa shape index (κ1) is 21.3. The van der Waals surface area contributed by atoms with Gasteiger partial charge < -0.3 is 25.0 Å². The molecule has 25 heavy (non-hydrogen) atoms. The Labute approximate surface area is 152 Å². The van der Waals surface area contributed by atoms with Gasteiger partial charge in [0.2, 0.25) is 0 Å². The standard InChI is InChI=1S/C19H34N4O2/c1-6-20-19(21-10-7-11-23(3)4)22-15-17-9-8-16(2)14-18(17)25-13-12-24-5/h8-9,14H,6-7,10-13,15H2,1-5H3,(H2,20,21,22). The lowest BCUT2D eigenvalue weighted by atomic mass is 10.1. The fourth-order valence-electron chi connectivity index (χ4n) is 2.27. The minimum absolute atomic E-state index is 0.541. The molecule has 0 heterocycles. The minimum atomic E-state index is 0.541. The summed E-state index contributed by atoms with van der Waals surface area (Å²) in [6.45, 7) is 8.62. The molecular weight excluding hydrogens is 316 g/mol. The van der Waals surface area contributed by atoms with Crippen molar-refractivity contribution in [2.24, 2.45) is 4.99 Å². The molecule has 2 N–H and O–H groups in total. The van der Waals surface area contributed by atoms with Crippen LogP contribution in [0.15, 0.2) is 23.2 Å². The third-order valence-electron chi connectivity index (χ3n) is 3.59. The van der Waals surface area contributed by atoms with Gasteiger partial charge in [-0.25, -0.2) is 4.99 Å². The summed E-state index contributed by atoms with van der Waals surface area (Å²) in [5.74, 6) is 1.72. The van der Waals surface area contributed by atoms with E-state index >= 15 is 0 Å². The number of aliphatic imine (C=N–C) groups is 1. The molecule has 0 atom stereocenters. The van der Waals surface area contributed by atoms with Gasteiger partial charge in [0, 0.05) is 25.8 Å². The van der Waals surface area contributed by atoms with Crippen LogP contribution in [0.5, 0.6) is 5.75 Å². The van der Waals surface area contributed by atoms with Gasteiger partial charge in [0.25, 0.3) is 0 Å². The van der Waals surface area contributed by atoms with Crippen LogP contribution in [0.4, 0.5) is 0 Å². The number of ether oxygens (including phenoxy) is 2. The molecule has 6 heteroatoms. The third-order valence-corrected chi connectivity index (χ3v) is 3.59. The van der Waals surface area contributed by atoms with Gasteiger partial charge in [-0.05, 0) is 52.5 Å². The van der Waals surface area contributed by atoms with Gasteiger partial charge in [-0.2, -0.15) is 0 Å². The minimum Gasteiger partial charge on any atom is -0.491 e. The lowest BCUT2D eigenvalue weighted by Gasteiger charge is -2.14. The zero-order valence-corrected chi connectivity index (χ0v) is 16.4. The smallest absolute Gasteiger partial charge is 0.191 e. The number of aryl methyl sites for hydroxylation is 1. The molecule has 0 saturated carbocycles. The Bertz CT molecular complexity index is 518. The van der Waals surface area contributed by atoms with Crippen molar-refractivity contribution in [2.45, 2.75) is 26.8 Å². The van der Waals surface area contributed by atoms with Crippen molar-refractivity contribution in [1.82, 2.24) is 15.5 Å². The summed E-state index contributed by atoms with van der Waals surface area (Å²) in [6, 6.07) is 6.22. The van der Waals surface area contributed by atoms with Crippen LogP contribution in [0.1, 0.15) is 24.5 Å². The van der Waals surface area contributed by atoms with Gasteiger partial charge in [0.1, 0.15) is 12.4 Å². The highest BCUT2D eigenvalue weighted by Gasteiger charge is 2.05. The molecule has 0 spiro atoms. The SMILES string of the molecule is CCNC(=NCc1ccc(C)cc1OCCOC)NCCCN(C)C. The number of benzene rings is 1. The van der Waals surface area contributed by atoms with Crippen molar-refractivity contribution < 1.29 is 9.47 Å². The summed E-state index contributed by atoms with van der Waals surface area (Å²) in [5.41, 5.74) is 2.25. The molecule has 0 aliphatic heterocycles. The van der Waals surface area contributed by atoms with Gasteiger partial charge >= 0.3 is 0 Å². The highest BCUT2D eigenvalue weighted by Crippen LogP contribution is 2.21. The molecule has 0 bridgehead atoms. The van der Waals surface area contributed by atoms with E-state index in [0.717, 1.165) is 43.3 Å². The second-order valence-electron chi connectivity index (χ2n) is 6.23. The third kappa shape index (κ3) is 9.31. The number of hydrogen-bond acceptors (Lipinski definition) is 4. The molecule has 0 aliphatic carbocycles. The van der Waals surface area contributed by atoms with E-state index in [4.69, 9.17) is 9.47 Å².